The predicted molar refractivity (Wildman–Crippen MR) is 127 cm³/mol. The van der Waals surface area contributed by atoms with Crippen molar-refractivity contribution in [1.29, 1.82) is 0 Å². The molecule has 5 rings (SSSR count). The molecule has 3 aliphatic heterocycles. The normalized spacial score (nSPS) is 22.5. The molecule has 7 heteroatoms. The van der Waals surface area contributed by atoms with Crippen molar-refractivity contribution >= 4 is 5.91 Å². The first-order chi connectivity index (χ1) is 16.2. The molecule has 5 heterocycles. The van der Waals surface area contributed by atoms with Gasteiger partial charge in [-0.25, -0.2) is 4.98 Å². The molecule has 2 aromatic rings. The molecule has 176 valence electrons. The van der Waals surface area contributed by atoms with Crippen molar-refractivity contribution in [2.75, 3.05) is 32.7 Å². The summed E-state index contributed by atoms with van der Waals surface area (Å²) in [5.41, 5.74) is 2.33. The van der Waals surface area contributed by atoms with Gasteiger partial charge in [0.1, 0.15) is 5.82 Å². The Labute approximate surface area is 195 Å². The Morgan fingerprint density at radius 1 is 0.939 bits per heavy atom. The van der Waals surface area contributed by atoms with Gasteiger partial charge in [-0.05, 0) is 75.2 Å². The molecule has 0 saturated carbocycles. The largest absolute Gasteiger partial charge is 0.341 e. The standard InChI is InChI=1S/C26H35N5O2/c32-25-17-23(28-24-6-2-1-3-14-31(24)25)22-5-4-13-30(18-22)26(33)19-29-15-9-21(10-16-29)20-7-11-27-12-8-20/h7-8,11-12,17,21-22H,1-6,9-10,13-16,18-19H2. The monoisotopic (exact) mass is 449 g/mol. The van der Waals surface area contributed by atoms with Gasteiger partial charge in [0.2, 0.25) is 5.91 Å². The molecule has 0 aromatic carbocycles. The van der Waals surface area contributed by atoms with E-state index in [1.54, 1.807) is 6.07 Å². The zero-order chi connectivity index (χ0) is 22.6. The number of hydrogen-bond acceptors (Lipinski definition) is 5. The number of aromatic nitrogens is 3. The average molecular weight is 450 g/mol. The van der Waals surface area contributed by atoms with E-state index >= 15 is 0 Å². The number of likely N-dealkylation sites (tertiary alicyclic amines) is 2. The Balaban J connectivity index is 1.18. The van der Waals surface area contributed by atoms with Crippen LogP contribution in [0.25, 0.3) is 0 Å². The quantitative estimate of drug-likeness (QED) is 0.718. The number of aryl methyl sites for hydroxylation is 1. The molecule has 0 bridgehead atoms. The van der Waals surface area contributed by atoms with Gasteiger partial charge in [0, 0.05) is 50.4 Å². The lowest BCUT2D eigenvalue weighted by molar-refractivity contribution is -0.133. The lowest BCUT2D eigenvalue weighted by Crippen LogP contribution is -2.46. The van der Waals surface area contributed by atoms with Crippen LogP contribution in [0.2, 0.25) is 0 Å². The van der Waals surface area contributed by atoms with Gasteiger partial charge >= 0.3 is 0 Å². The lowest BCUT2D eigenvalue weighted by atomic mass is 9.90. The van der Waals surface area contributed by atoms with Crippen molar-refractivity contribution in [3.05, 3.63) is 58.0 Å². The van der Waals surface area contributed by atoms with E-state index in [2.05, 4.69) is 22.0 Å². The molecule has 7 nitrogen and oxygen atoms in total. The van der Waals surface area contributed by atoms with Crippen molar-refractivity contribution in [2.24, 2.45) is 0 Å². The predicted octanol–water partition coefficient (Wildman–Crippen LogP) is 2.95. The summed E-state index contributed by atoms with van der Waals surface area (Å²) in [5, 5.41) is 0. The third-order valence-electron chi connectivity index (χ3n) is 7.71. The molecule has 0 N–H and O–H groups in total. The second-order valence-corrected chi connectivity index (χ2v) is 9.91. The Kier molecular flexibility index (Phi) is 6.85. The fourth-order valence-electron chi connectivity index (χ4n) is 5.74. The summed E-state index contributed by atoms with van der Waals surface area (Å²) in [4.78, 5) is 39.2. The highest BCUT2D eigenvalue weighted by Gasteiger charge is 2.29. The van der Waals surface area contributed by atoms with Crippen LogP contribution in [0.3, 0.4) is 0 Å². The van der Waals surface area contributed by atoms with Gasteiger partial charge in [0.15, 0.2) is 0 Å². The maximum absolute atomic E-state index is 13.1. The van der Waals surface area contributed by atoms with Crippen molar-refractivity contribution in [2.45, 2.75) is 69.7 Å². The SMILES string of the molecule is O=C(CN1CCC(c2ccncc2)CC1)N1CCCC(c2cc(=O)n3c(n2)CCCCC3)C1. The molecule has 1 atom stereocenters. The third-order valence-corrected chi connectivity index (χ3v) is 7.71. The number of hydrogen-bond donors (Lipinski definition) is 0. The Morgan fingerprint density at radius 3 is 2.58 bits per heavy atom. The van der Waals surface area contributed by atoms with E-state index in [9.17, 15) is 9.59 Å². The molecule has 1 amide bonds. The van der Waals surface area contributed by atoms with E-state index in [4.69, 9.17) is 4.98 Å². The first-order valence-electron chi connectivity index (χ1n) is 12.7. The molecular formula is C26H35N5O2. The van der Waals surface area contributed by atoms with E-state index in [1.165, 1.54) is 5.56 Å². The van der Waals surface area contributed by atoms with E-state index in [0.29, 0.717) is 19.0 Å². The third kappa shape index (κ3) is 5.18. The van der Waals surface area contributed by atoms with Gasteiger partial charge in [-0.1, -0.05) is 6.42 Å². The van der Waals surface area contributed by atoms with Crippen LogP contribution in [0.5, 0.6) is 0 Å². The van der Waals surface area contributed by atoms with Gasteiger partial charge in [0.25, 0.3) is 5.56 Å². The summed E-state index contributed by atoms with van der Waals surface area (Å²) < 4.78 is 1.86. The van der Waals surface area contributed by atoms with E-state index in [0.717, 1.165) is 89.1 Å². The molecular weight excluding hydrogens is 414 g/mol. The molecule has 0 radical (unpaired) electrons. The number of fused-ring (bicyclic) bond motifs is 1. The summed E-state index contributed by atoms with van der Waals surface area (Å²) in [6.07, 6.45) is 12.1. The molecule has 0 spiro atoms. The van der Waals surface area contributed by atoms with E-state index in [1.807, 2.05) is 21.9 Å². The molecule has 0 aliphatic carbocycles. The molecule has 1 unspecified atom stereocenters. The highest BCUT2D eigenvalue weighted by atomic mass is 16.2. The number of pyridine rings is 1. The van der Waals surface area contributed by atoms with Crippen LogP contribution >= 0.6 is 0 Å². The first kappa shape index (κ1) is 22.3. The number of piperidine rings is 2. The fourth-order valence-corrected chi connectivity index (χ4v) is 5.74. The van der Waals surface area contributed by atoms with Crippen molar-refractivity contribution in [3.8, 4) is 0 Å². The van der Waals surface area contributed by atoms with E-state index < -0.39 is 0 Å². The minimum absolute atomic E-state index is 0.0809. The highest BCUT2D eigenvalue weighted by molar-refractivity contribution is 5.78. The average Bonchev–Trinajstić information content (AvgIpc) is 3.11. The zero-order valence-corrected chi connectivity index (χ0v) is 19.5. The van der Waals surface area contributed by atoms with E-state index in [-0.39, 0.29) is 17.4 Å². The molecule has 2 fully saturated rings. The Bertz CT molecular complexity index is 1010. The molecule has 2 saturated heterocycles. The smallest absolute Gasteiger partial charge is 0.253 e. The lowest BCUT2D eigenvalue weighted by Gasteiger charge is -2.36. The topological polar surface area (TPSA) is 71.3 Å². The van der Waals surface area contributed by atoms with Gasteiger partial charge in [-0.15, -0.1) is 0 Å². The summed E-state index contributed by atoms with van der Waals surface area (Å²) in [6.45, 7) is 4.69. The van der Waals surface area contributed by atoms with Crippen LogP contribution < -0.4 is 5.56 Å². The van der Waals surface area contributed by atoms with Crippen LogP contribution in [0.4, 0.5) is 0 Å². The molecule has 2 aromatic heterocycles. The second kappa shape index (κ2) is 10.2. The molecule has 33 heavy (non-hydrogen) atoms. The van der Waals surface area contributed by atoms with Gasteiger partial charge in [-0.3, -0.25) is 24.0 Å². The van der Waals surface area contributed by atoms with Crippen LogP contribution in [-0.4, -0.2) is 63.0 Å². The maximum atomic E-state index is 13.1. The second-order valence-electron chi connectivity index (χ2n) is 9.91. The fraction of sp³-hybridized carbons (Fsp3) is 0.615. The summed E-state index contributed by atoms with van der Waals surface area (Å²) in [7, 11) is 0. The van der Waals surface area contributed by atoms with Crippen molar-refractivity contribution in [1.82, 2.24) is 24.3 Å². The first-order valence-corrected chi connectivity index (χ1v) is 12.7. The molecule has 3 aliphatic rings. The summed E-state index contributed by atoms with van der Waals surface area (Å²) in [5.74, 6) is 1.89. The van der Waals surface area contributed by atoms with Gasteiger partial charge < -0.3 is 4.90 Å². The van der Waals surface area contributed by atoms with Crippen molar-refractivity contribution in [3.63, 3.8) is 0 Å². The van der Waals surface area contributed by atoms with Crippen LogP contribution in [0, 0.1) is 0 Å². The van der Waals surface area contributed by atoms with Crippen LogP contribution in [-0.2, 0) is 17.8 Å². The van der Waals surface area contributed by atoms with Crippen LogP contribution in [0.15, 0.2) is 35.4 Å². The maximum Gasteiger partial charge on any atom is 0.253 e. The summed E-state index contributed by atoms with van der Waals surface area (Å²) >= 11 is 0. The zero-order valence-electron chi connectivity index (χ0n) is 19.5. The number of rotatable bonds is 4. The minimum Gasteiger partial charge on any atom is -0.341 e. The van der Waals surface area contributed by atoms with Crippen LogP contribution in [0.1, 0.15) is 73.9 Å². The van der Waals surface area contributed by atoms with Gasteiger partial charge in [0.05, 0.1) is 12.2 Å². The number of nitrogens with zero attached hydrogens (tertiary/aromatic N) is 5. The Morgan fingerprint density at radius 2 is 1.76 bits per heavy atom. The van der Waals surface area contributed by atoms with Crippen molar-refractivity contribution < 1.29 is 4.79 Å². The summed E-state index contributed by atoms with van der Waals surface area (Å²) in [6, 6.07) is 5.96. The number of carbonyl (C=O) groups is 1. The Hall–Kier alpha value is -2.54. The minimum atomic E-state index is 0.0809. The highest BCUT2D eigenvalue weighted by Crippen LogP contribution is 2.29. The number of carbonyl (C=O) groups excluding carboxylic acids is 1. The van der Waals surface area contributed by atoms with Gasteiger partial charge in [-0.2, -0.15) is 0 Å². The number of amides is 1.